The zero-order valence-corrected chi connectivity index (χ0v) is 19.5. The van der Waals surface area contributed by atoms with E-state index in [0.29, 0.717) is 43.3 Å². The van der Waals surface area contributed by atoms with E-state index in [2.05, 4.69) is 10.3 Å². The number of benzene rings is 1. The monoisotopic (exact) mass is 478 g/mol. The van der Waals surface area contributed by atoms with Crippen LogP contribution in [0.25, 0.3) is 0 Å². The van der Waals surface area contributed by atoms with Gasteiger partial charge in [0.25, 0.3) is 5.91 Å². The molecule has 1 saturated heterocycles. The highest BCUT2D eigenvalue weighted by Crippen LogP contribution is 2.29. The highest BCUT2D eigenvalue weighted by Gasteiger charge is 2.26. The predicted octanol–water partition coefficient (Wildman–Crippen LogP) is 3.08. The smallest absolute Gasteiger partial charge is 0.409 e. The van der Waals surface area contributed by atoms with E-state index < -0.39 is 10.0 Å². The van der Waals surface area contributed by atoms with E-state index >= 15 is 0 Å². The molecule has 0 bridgehead atoms. The number of hydrogen-bond acceptors (Lipinski definition) is 7. The molecule has 2 aliphatic rings. The summed E-state index contributed by atoms with van der Waals surface area (Å²) in [5, 5.41) is 3.23. The minimum atomic E-state index is -3.55. The van der Waals surface area contributed by atoms with Crippen LogP contribution in [0.4, 0.5) is 9.93 Å². The third-order valence-corrected chi connectivity index (χ3v) is 8.61. The number of hydrogen-bond donors (Lipinski definition) is 1. The summed E-state index contributed by atoms with van der Waals surface area (Å²) < 4.78 is 32.1. The Morgan fingerprint density at radius 2 is 1.75 bits per heavy atom. The summed E-state index contributed by atoms with van der Waals surface area (Å²) >= 11 is 1.32. The second-order valence-corrected chi connectivity index (χ2v) is 10.8. The third-order valence-electron chi connectivity index (χ3n) is 5.70. The number of carbonyl (C=O) groups excluding carboxylic acids is 2. The van der Waals surface area contributed by atoms with Crippen LogP contribution in [-0.4, -0.2) is 61.4 Å². The van der Waals surface area contributed by atoms with Gasteiger partial charge in [-0.05, 0) is 37.1 Å². The largest absolute Gasteiger partial charge is 0.453 e. The zero-order valence-electron chi connectivity index (χ0n) is 17.9. The van der Waals surface area contributed by atoms with Gasteiger partial charge in [-0.25, -0.2) is 18.2 Å². The molecule has 32 heavy (non-hydrogen) atoms. The molecular weight excluding hydrogens is 452 g/mol. The number of nitrogens with zero attached hydrogens (tertiary/aromatic N) is 3. The molecule has 172 valence electrons. The van der Waals surface area contributed by atoms with Crippen molar-refractivity contribution in [1.29, 1.82) is 0 Å². The topological polar surface area (TPSA) is 109 Å². The number of anilines is 1. The van der Waals surface area contributed by atoms with Crippen molar-refractivity contribution in [2.45, 2.75) is 43.5 Å². The Bertz CT molecular complexity index is 1090. The second kappa shape index (κ2) is 9.55. The molecule has 1 N–H and O–H groups in total. The fraction of sp³-hybridized carbons (Fsp3) is 0.476. The van der Waals surface area contributed by atoms with Crippen molar-refractivity contribution in [2.24, 2.45) is 0 Å². The van der Waals surface area contributed by atoms with Crippen LogP contribution in [0.5, 0.6) is 0 Å². The minimum Gasteiger partial charge on any atom is -0.453 e. The zero-order chi connectivity index (χ0) is 22.7. The van der Waals surface area contributed by atoms with Crippen LogP contribution in [-0.2, 0) is 27.7 Å². The van der Waals surface area contributed by atoms with Crippen LogP contribution >= 0.6 is 11.3 Å². The van der Waals surface area contributed by atoms with E-state index in [1.165, 1.54) is 47.0 Å². The van der Waals surface area contributed by atoms with Crippen LogP contribution in [0, 0.1) is 0 Å². The summed E-state index contributed by atoms with van der Waals surface area (Å²) in [6.07, 6.45) is 4.05. The molecule has 2 amide bonds. The van der Waals surface area contributed by atoms with Crippen molar-refractivity contribution in [2.75, 3.05) is 32.1 Å². The van der Waals surface area contributed by atoms with E-state index in [4.69, 9.17) is 4.74 Å². The fourth-order valence-electron chi connectivity index (χ4n) is 3.91. The van der Waals surface area contributed by atoms with Crippen molar-refractivity contribution in [1.82, 2.24) is 14.2 Å². The summed E-state index contributed by atoms with van der Waals surface area (Å²) in [5.41, 5.74) is 1.22. The summed E-state index contributed by atoms with van der Waals surface area (Å²) in [6.45, 7) is 1.99. The van der Waals surface area contributed by atoms with Gasteiger partial charge in [0, 0.05) is 36.5 Å². The number of aromatic nitrogens is 1. The summed E-state index contributed by atoms with van der Waals surface area (Å²) in [5.74, 6) is -0.361. The van der Waals surface area contributed by atoms with E-state index in [0.717, 1.165) is 36.3 Å². The maximum atomic E-state index is 12.9. The Morgan fingerprint density at radius 1 is 1.06 bits per heavy atom. The van der Waals surface area contributed by atoms with Crippen molar-refractivity contribution in [3.63, 3.8) is 0 Å². The van der Waals surface area contributed by atoms with E-state index in [1.54, 1.807) is 4.90 Å². The SMILES string of the molecule is COC(=O)N1CCc2nc(NC(=O)c3ccc(S(=O)(=O)N4CCCCCC4)cc3)sc2C1. The molecule has 0 atom stereocenters. The van der Waals surface area contributed by atoms with Crippen molar-refractivity contribution in [3.05, 3.63) is 40.4 Å². The predicted molar refractivity (Wildman–Crippen MR) is 120 cm³/mol. The first-order valence-corrected chi connectivity index (χ1v) is 12.9. The molecule has 9 nitrogen and oxygen atoms in total. The molecule has 2 aromatic rings. The number of thiazole rings is 1. The first-order chi connectivity index (χ1) is 15.4. The summed E-state index contributed by atoms with van der Waals surface area (Å²) in [7, 11) is -2.21. The summed E-state index contributed by atoms with van der Waals surface area (Å²) in [6, 6.07) is 6.01. The molecule has 0 aliphatic carbocycles. The molecule has 2 aliphatic heterocycles. The van der Waals surface area contributed by atoms with Gasteiger partial charge in [-0.3, -0.25) is 10.1 Å². The lowest BCUT2D eigenvalue weighted by Gasteiger charge is -2.24. The molecule has 0 spiro atoms. The molecule has 0 unspecified atom stereocenters. The number of fused-ring (bicyclic) bond motifs is 1. The molecule has 11 heteroatoms. The average molecular weight is 479 g/mol. The van der Waals surface area contributed by atoms with E-state index in [-0.39, 0.29) is 16.9 Å². The normalized spacial score (nSPS) is 17.3. The highest BCUT2D eigenvalue weighted by molar-refractivity contribution is 7.89. The van der Waals surface area contributed by atoms with Gasteiger partial charge in [-0.15, -0.1) is 0 Å². The number of ether oxygens (including phenoxy) is 1. The van der Waals surface area contributed by atoms with Crippen molar-refractivity contribution < 1.29 is 22.7 Å². The molecule has 0 radical (unpaired) electrons. The summed E-state index contributed by atoms with van der Waals surface area (Å²) in [4.78, 5) is 31.6. The van der Waals surface area contributed by atoms with Gasteiger partial charge in [-0.2, -0.15) is 4.31 Å². The number of amides is 2. The Hall–Kier alpha value is -2.50. The fourth-order valence-corrected chi connectivity index (χ4v) is 6.45. The molecule has 0 saturated carbocycles. The van der Waals surface area contributed by atoms with Gasteiger partial charge in [0.1, 0.15) is 0 Å². The number of sulfonamides is 1. The van der Waals surface area contributed by atoms with Gasteiger partial charge in [-0.1, -0.05) is 24.2 Å². The number of methoxy groups -OCH3 is 1. The van der Waals surface area contributed by atoms with Crippen molar-refractivity contribution >= 4 is 38.5 Å². The van der Waals surface area contributed by atoms with Crippen LogP contribution in [0.15, 0.2) is 29.2 Å². The van der Waals surface area contributed by atoms with Crippen LogP contribution < -0.4 is 5.32 Å². The molecule has 1 aromatic carbocycles. The lowest BCUT2D eigenvalue weighted by atomic mass is 10.2. The molecular formula is C21H26N4O5S2. The lowest BCUT2D eigenvalue weighted by molar-refractivity contribution is 0.102. The van der Waals surface area contributed by atoms with Crippen LogP contribution in [0.1, 0.15) is 46.6 Å². The minimum absolute atomic E-state index is 0.198. The van der Waals surface area contributed by atoms with Gasteiger partial charge in [0.15, 0.2) is 5.13 Å². The number of carbonyl (C=O) groups is 2. The van der Waals surface area contributed by atoms with E-state index in [1.807, 2.05) is 0 Å². The van der Waals surface area contributed by atoms with Crippen LogP contribution in [0.3, 0.4) is 0 Å². The standard InChI is InChI=1S/C21H26N4O5S2/c1-30-21(27)24-13-10-17-18(14-24)31-20(22-17)23-19(26)15-6-8-16(9-7-15)32(28,29)25-11-4-2-3-5-12-25/h6-9H,2-5,10-14H2,1H3,(H,22,23,26). The highest BCUT2D eigenvalue weighted by atomic mass is 32.2. The Kier molecular flexibility index (Phi) is 6.77. The van der Waals surface area contributed by atoms with Gasteiger partial charge in [0.2, 0.25) is 10.0 Å². The maximum Gasteiger partial charge on any atom is 0.409 e. The van der Waals surface area contributed by atoms with Crippen molar-refractivity contribution in [3.8, 4) is 0 Å². The van der Waals surface area contributed by atoms with Crippen LogP contribution in [0.2, 0.25) is 0 Å². The molecule has 1 fully saturated rings. The Labute approximate surface area is 191 Å². The first-order valence-electron chi connectivity index (χ1n) is 10.6. The number of rotatable bonds is 4. The van der Waals surface area contributed by atoms with E-state index in [9.17, 15) is 18.0 Å². The maximum absolute atomic E-state index is 12.9. The lowest BCUT2D eigenvalue weighted by Crippen LogP contribution is -2.35. The Morgan fingerprint density at radius 3 is 2.41 bits per heavy atom. The Balaban J connectivity index is 1.43. The van der Waals surface area contributed by atoms with Gasteiger partial charge < -0.3 is 9.64 Å². The first kappa shape index (κ1) is 22.7. The molecule has 3 heterocycles. The molecule has 1 aromatic heterocycles. The number of nitrogens with one attached hydrogen (secondary N) is 1. The average Bonchev–Trinajstić information content (AvgIpc) is 2.99. The second-order valence-electron chi connectivity index (χ2n) is 7.83. The third kappa shape index (κ3) is 4.79. The molecule has 4 rings (SSSR count). The van der Waals surface area contributed by atoms with Gasteiger partial charge in [0.05, 0.1) is 24.2 Å². The van der Waals surface area contributed by atoms with Gasteiger partial charge >= 0.3 is 6.09 Å². The quantitative estimate of drug-likeness (QED) is 0.723.